The van der Waals surface area contributed by atoms with Crippen molar-refractivity contribution in [2.75, 3.05) is 13.7 Å². The minimum atomic E-state index is -0.185. The van der Waals surface area contributed by atoms with Crippen molar-refractivity contribution in [3.05, 3.63) is 70.7 Å². The molecule has 0 spiro atoms. The van der Waals surface area contributed by atoms with Crippen LogP contribution in [0.5, 0.6) is 11.5 Å². The standard InChI is InChI=1S/C20H18BrNO3/c1-24-19-9-7-17(21)10-16(19)12-22-20(23)13-25-18-8-6-14-4-2-3-5-15(14)11-18/h2-11H,12-13H2,1H3,(H,22,23). The van der Waals surface area contributed by atoms with E-state index in [1.165, 1.54) is 0 Å². The van der Waals surface area contributed by atoms with Crippen LogP contribution in [0.3, 0.4) is 0 Å². The first kappa shape index (κ1) is 17.3. The maximum Gasteiger partial charge on any atom is 0.258 e. The number of nitrogens with one attached hydrogen (secondary N) is 1. The van der Waals surface area contributed by atoms with Crippen LogP contribution < -0.4 is 14.8 Å². The predicted molar refractivity (Wildman–Crippen MR) is 102 cm³/mol. The second kappa shape index (κ2) is 8.03. The van der Waals surface area contributed by atoms with Crippen molar-refractivity contribution >= 4 is 32.6 Å². The lowest BCUT2D eigenvalue weighted by molar-refractivity contribution is -0.123. The zero-order chi connectivity index (χ0) is 17.6. The highest BCUT2D eigenvalue weighted by atomic mass is 79.9. The molecule has 0 fully saturated rings. The fourth-order valence-corrected chi connectivity index (χ4v) is 2.94. The van der Waals surface area contributed by atoms with Gasteiger partial charge in [-0.1, -0.05) is 46.3 Å². The van der Waals surface area contributed by atoms with Crippen LogP contribution in [0.25, 0.3) is 10.8 Å². The molecule has 25 heavy (non-hydrogen) atoms. The zero-order valence-electron chi connectivity index (χ0n) is 13.8. The molecular formula is C20H18BrNO3. The van der Waals surface area contributed by atoms with E-state index in [2.05, 4.69) is 21.2 Å². The number of benzene rings is 3. The number of carbonyl (C=O) groups excluding carboxylic acids is 1. The summed E-state index contributed by atoms with van der Waals surface area (Å²) in [7, 11) is 1.61. The number of hydrogen-bond donors (Lipinski definition) is 1. The molecule has 4 nitrogen and oxygen atoms in total. The lowest BCUT2D eigenvalue weighted by Crippen LogP contribution is -2.28. The topological polar surface area (TPSA) is 47.6 Å². The molecule has 0 bridgehead atoms. The molecule has 3 aromatic rings. The summed E-state index contributed by atoms with van der Waals surface area (Å²) >= 11 is 3.42. The van der Waals surface area contributed by atoms with Crippen LogP contribution in [0.4, 0.5) is 0 Å². The van der Waals surface area contributed by atoms with E-state index in [4.69, 9.17) is 9.47 Å². The third-order valence-electron chi connectivity index (χ3n) is 3.81. The summed E-state index contributed by atoms with van der Waals surface area (Å²) in [4.78, 5) is 12.0. The molecule has 1 amide bonds. The summed E-state index contributed by atoms with van der Waals surface area (Å²) in [6.45, 7) is 0.344. The second-order valence-electron chi connectivity index (χ2n) is 5.53. The molecule has 0 aliphatic heterocycles. The molecule has 3 aromatic carbocycles. The number of methoxy groups -OCH3 is 1. The van der Waals surface area contributed by atoms with Gasteiger partial charge in [0, 0.05) is 16.6 Å². The number of carbonyl (C=O) groups is 1. The molecule has 0 saturated heterocycles. The first-order valence-corrected chi connectivity index (χ1v) is 8.66. The number of amides is 1. The third kappa shape index (κ3) is 4.51. The highest BCUT2D eigenvalue weighted by molar-refractivity contribution is 9.10. The number of hydrogen-bond acceptors (Lipinski definition) is 3. The van der Waals surface area contributed by atoms with Crippen molar-refractivity contribution in [2.24, 2.45) is 0 Å². The first-order chi connectivity index (χ1) is 12.2. The molecule has 5 heteroatoms. The molecule has 1 N–H and O–H groups in total. The van der Waals surface area contributed by atoms with Crippen molar-refractivity contribution in [1.29, 1.82) is 0 Å². The summed E-state index contributed by atoms with van der Waals surface area (Å²) in [6, 6.07) is 19.5. The Bertz CT molecular complexity index is 895. The molecule has 0 atom stereocenters. The van der Waals surface area contributed by atoms with Gasteiger partial charge in [-0.3, -0.25) is 4.79 Å². The van der Waals surface area contributed by atoms with E-state index < -0.39 is 0 Å². The van der Waals surface area contributed by atoms with E-state index in [1.807, 2.05) is 60.7 Å². The summed E-state index contributed by atoms with van der Waals surface area (Å²) in [5, 5.41) is 5.07. The number of halogens is 1. The highest BCUT2D eigenvalue weighted by Gasteiger charge is 2.07. The third-order valence-corrected chi connectivity index (χ3v) is 4.30. The summed E-state index contributed by atoms with van der Waals surface area (Å²) in [5.74, 6) is 1.23. The van der Waals surface area contributed by atoms with Gasteiger partial charge in [-0.25, -0.2) is 0 Å². The predicted octanol–water partition coefficient (Wildman–Crippen LogP) is 4.31. The number of ether oxygens (including phenoxy) is 2. The SMILES string of the molecule is COc1ccc(Br)cc1CNC(=O)COc1ccc2ccccc2c1. The van der Waals surface area contributed by atoms with Crippen molar-refractivity contribution in [3.63, 3.8) is 0 Å². The lowest BCUT2D eigenvalue weighted by atomic mass is 10.1. The highest BCUT2D eigenvalue weighted by Crippen LogP contribution is 2.23. The van der Waals surface area contributed by atoms with Gasteiger partial charge in [-0.05, 0) is 41.1 Å². The molecule has 0 aliphatic rings. The van der Waals surface area contributed by atoms with Crippen LogP contribution in [0, 0.1) is 0 Å². The number of fused-ring (bicyclic) bond motifs is 1. The summed E-state index contributed by atoms with van der Waals surface area (Å²) < 4.78 is 11.8. The normalized spacial score (nSPS) is 10.5. The minimum absolute atomic E-state index is 0.0331. The quantitative estimate of drug-likeness (QED) is 0.671. The largest absolute Gasteiger partial charge is 0.496 e. The minimum Gasteiger partial charge on any atom is -0.496 e. The van der Waals surface area contributed by atoms with Gasteiger partial charge in [-0.15, -0.1) is 0 Å². The molecule has 0 aliphatic carbocycles. The molecule has 0 unspecified atom stereocenters. The maximum atomic E-state index is 12.0. The Labute approximate surface area is 154 Å². The Morgan fingerprint density at radius 3 is 2.64 bits per heavy atom. The average molecular weight is 400 g/mol. The van der Waals surface area contributed by atoms with Crippen LogP contribution in [0.15, 0.2) is 65.1 Å². The lowest BCUT2D eigenvalue weighted by Gasteiger charge is -2.11. The van der Waals surface area contributed by atoms with Gasteiger partial charge in [0.15, 0.2) is 6.61 Å². The Morgan fingerprint density at radius 2 is 1.84 bits per heavy atom. The Morgan fingerprint density at radius 1 is 1.04 bits per heavy atom. The Kier molecular flexibility index (Phi) is 5.56. The molecule has 0 saturated carbocycles. The van der Waals surface area contributed by atoms with Crippen molar-refractivity contribution in [1.82, 2.24) is 5.32 Å². The molecule has 0 radical (unpaired) electrons. The summed E-state index contributed by atoms with van der Waals surface area (Å²) in [5.41, 5.74) is 0.899. The smallest absolute Gasteiger partial charge is 0.258 e. The van der Waals surface area contributed by atoms with Crippen molar-refractivity contribution in [2.45, 2.75) is 6.54 Å². The van der Waals surface area contributed by atoms with Crippen LogP contribution in [-0.4, -0.2) is 19.6 Å². The van der Waals surface area contributed by atoms with Gasteiger partial charge in [0.25, 0.3) is 5.91 Å². The Hall–Kier alpha value is -2.53. The Balaban J connectivity index is 1.56. The van der Waals surface area contributed by atoms with E-state index in [0.29, 0.717) is 12.3 Å². The molecule has 128 valence electrons. The van der Waals surface area contributed by atoms with E-state index in [-0.39, 0.29) is 12.5 Å². The monoisotopic (exact) mass is 399 g/mol. The molecular weight excluding hydrogens is 382 g/mol. The molecule has 0 aromatic heterocycles. The number of rotatable bonds is 6. The van der Waals surface area contributed by atoms with Crippen LogP contribution in [-0.2, 0) is 11.3 Å². The molecule has 3 rings (SSSR count). The van der Waals surface area contributed by atoms with Gasteiger partial charge in [0.1, 0.15) is 11.5 Å². The van der Waals surface area contributed by atoms with Crippen molar-refractivity contribution < 1.29 is 14.3 Å². The van der Waals surface area contributed by atoms with Crippen molar-refractivity contribution in [3.8, 4) is 11.5 Å². The van der Waals surface area contributed by atoms with Gasteiger partial charge in [-0.2, -0.15) is 0 Å². The zero-order valence-corrected chi connectivity index (χ0v) is 15.4. The van der Waals surface area contributed by atoms with E-state index >= 15 is 0 Å². The van der Waals surface area contributed by atoms with Crippen LogP contribution >= 0.6 is 15.9 Å². The van der Waals surface area contributed by atoms with Gasteiger partial charge in [0.05, 0.1) is 7.11 Å². The van der Waals surface area contributed by atoms with Gasteiger partial charge >= 0.3 is 0 Å². The van der Waals surface area contributed by atoms with Gasteiger partial charge in [0.2, 0.25) is 0 Å². The maximum absolute atomic E-state index is 12.0. The fourth-order valence-electron chi connectivity index (χ4n) is 2.54. The van der Waals surface area contributed by atoms with E-state index in [9.17, 15) is 4.79 Å². The average Bonchev–Trinajstić information content (AvgIpc) is 2.64. The summed E-state index contributed by atoms with van der Waals surface area (Å²) in [6.07, 6.45) is 0. The second-order valence-corrected chi connectivity index (χ2v) is 6.45. The first-order valence-electron chi connectivity index (χ1n) is 7.86. The van der Waals surface area contributed by atoms with Crippen LogP contribution in [0.2, 0.25) is 0 Å². The van der Waals surface area contributed by atoms with E-state index in [0.717, 1.165) is 26.6 Å². The van der Waals surface area contributed by atoms with Gasteiger partial charge < -0.3 is 14.8 Å². The van der Waals surface area contributed by atoms with Crippen LogP contribution in [0.1, 0.15) is 5.56 Å². The van der Waals surface area contributed by atoms with E-state index in [1.54, 1.807) is 7.11 Å². The fraction of sp³-hybridized carbons (Fsp3) is 0.150. The molecule has 0 heterocycles.